The zero-order valence-electron chi connectivity index (χ0n) is 11.4. The monoisotopic (exact) mass is 342 g/mol. The van der Waals surface area contributed by atoms with E-state index in [1.54, 1.807) is 18.9 Å². The van der Waals surface area contributed by atoms with Crippen LogP contribution in [0.3, 0.4) is 0 Å². The molecule has 1 aromatic rings. The van der Waals surface area contributed by atoms with Gasteiger partial charge in [-0.05, 0) is 30.5 Å². The Morgan fingerprint density at radius 3 is 3.00 bits per heavy atom. The van der Waals surface area contributed by atoms with Crippen molar-refractivity contribution >= 4 is 38.5 Å². The number of methoxy groups -OCH3 is 1. The highest BCUT2D eigenvalue weighted by molar-refractivity contribution is 9.10. The Hall–Kier alpha value is -0.680. The van der Waals surface area contributed by atoms with Gasteiger partial charge in [0.2, 0.25) is 0 Å². The van der Waals surface area contributed by atoms with E-state index in [2.05, 4.69) is 35.1 Å². The van der Waals surface area contributed by atoms with E-state index in [0.29, 0.717) is 12.0 Å². The Labute approximate surface area is 127 Å². The van der Waals surface area contributed by atoms with Gasteiger partial charge in [0, 0.05) is 10.2 Å². The molecule has 0 fully saturated rings. The van der Waals surface area contributed by atoms with E-state index in [1.165, 1.54) is 0 Å². The molecular weight excluding hydrogens is 324 g/mol. The third-order valence-electron chi connectivity index (χ3n) is 2.86. The lowest BCUT2D eigenvalue weighted by atomic mass is 10.1. The summed E-state index contributed by atoms with van der Waals surface area (Å²) < 4.78 is 6.38. The Balaban J connectivity index is 2.07. The van der Waals surface area contributed by atoms with Crippen molar-refractivity contribution in [2.45, 2.75) is 26.3 Å². The fraction of sp³-hybridized carbons (Fsp3) is 0.500. The molecule has 1 N–H and O–H groups in total. The van der Waals surface area contributed by atoms with Crippen LogP contribution in [-0.4, -0.2) is 24.1 Å². The summed E-state index contributed by atoms with van der Waals surface area (Å²) in [6, 6.07) is 6.36. The average molecular weight is 343 g/mol. The molecule has 1 aliphatic rings. The van der Waals surface area contributed by atoms with Crippen molar-refractivity contribution < 1.29 is 4.74 Å². The average Bonchev–Trinajstić information content (AvgIpc) is 2.76. The van der Waals surface area contributed by atoms with Crippen molar-refractivity contribution in [1.82, 2.24) is 0 Å². The smallest absolute Gasteiger partial charge is 0.161 e. The molecule has 5 heteroatoms. The van der Waals surface area contributed by atoms with Gasteiger partial charge in [0.1, 0.15) is 5.75 Å². The van der Waals surface area contributed by atoms with Crippen molar-refractivity contribution in [1.29, 1.82) is 0 Å². The molecule has 1 aliphatic heterocycles. The zero-order chi connectivity index (χ0) is 13.8. The Bertz CT molecular complexity index is 477. The molecule has 0 saturated heterocycles. The summed E-state index contributed by atoms with van der Waals surface area (Å²) in [6.45, 7) is 4.48. The van der Waals surface area contributed by atoms with Crippen LogP contribution in [0.4, 0.5) is 5.69 Å². The molecule has 1 heterocycles. The molecule has 1 unspecified atom stereocenters. The van der Waals surface area contributed by atoms with Crippen LogP contribution in [0.1, 0.15) is 20.3 Å². The number of anilines is 1. The van der Waals surface area contributed by atoms with Crippen LogP contribution in [0.25, 0.3) is 0 Å². The summed E-state index contributed by atoms with van der Waals surface area (Å²) in [5.41, 5.74) is 0.952. The predicted octanol–water partition coefficient (Wildman–Crippen LogP) is 4.39. The number of hydrogen-bond acceptors (Lipinski definition) is 4. The number of ether oxygens (including phenoxy) is 1. The largest absolute Gasteiger partial charge is 0.495 e. The highest BCUT2D eigenvalue weighted by Crippen LogP contribution is 2.31. The lowest BCUT2D eigenvalue weighted by Gasteiger charge is -2.10. The van der Waals surface area contributed by atoms with E-state index in [4.69, 9.17) is 9.73 Å². The number of nitrogens with zero attached hydrogens (tertiary/aromatic N) is 1. The zero-order valence-corrected chi connectivity index (χ0v) is 13.8. The van der Waals surface area contributed by atoms with Crippen molar-refractivity contribution in [3.63, 3.8) is 0 Å². The minimum Gasteiger partial charge on any atom is -0.495 e. The molecule has 2 rings (SSSR count). The van der Waals surface area contributed by atoms with E-state index in [9.17, 15) is 0 Å². The number of rotatable bonds is 4. The first-order valence-electron chi connectivity index (χ1n) is 6.39. The molecule has 104 valence electrons. The summed E-state index contributed by atoms with van der Waals surface area (Å²) in [6.07, 6.45) is 1.15. The molecule has 0 amide bonds. The molecule has 1 aromatic carbocycles. The molecule has 0 radical (unpaired) electrons. The fourth-order valence-electron chi connectivity index (χ4n) is 2.04. The Kier molecular flexibility index (Phi) is 5.16. The van der Waals surface area contributed by atoms with E-state index in [-0.39, 0.29) is 0 Å². The van der Waals surface area contributed by atoms with Crippen LogP contribution in [0.5, 0.6) is 5.75 Å². The second kappa shape index (κ2) is 6.66. The summed E-state index contributed by atoms with van der Waals surface area (Å²) in [5.74, 6) is 2.59. The summed E-state index contributed by atoms with van der Waals surface area (Å²) in [5, 5.41) is 4.35. The van der Waals surface area contributed by atoms with Crippen LogP contribution in [0.15, 0.2) is 27.7 Å². The van der Waals surface area contributed by atoms with Gasteiger partial charge >= 0.3 is 0 Å². The third kappa shape index (κ3) is 4.14. The van der Waals surface area contributed by atoms with Crippen molar-refractivity contribution in [2.75, 3.05) is 18.2 Å². The van der Waals surface area contributed by atoms with Gasteiger partial charge in [-0.3, -0.25) is 4.99 Å². The van der Waals surface area contributed by atoms with Gasteiger partial charge in [0.05, 0.1) is 18.8 Å². The van der Waals surface area contributed by atoms with Crippen molar-refractivity contribution in [3.05, 3.63) is 22.7 Å². The summed E-state index contributed by atoms with van der Waals surface area (Å²) in [4.78, 5) is 4.73. The van der Waals surface area contributed by atoms with E-state index in [0.717, 1.165) is 33.3 Å². The maximum absolute atomic E-state index is 5.35. The lowest BCUT2D eigenvalue weighted by molar-refractivity contribution is 0.417. The molecule has 0 aromatic heterocycles. The maximum atomic E-state index is 5.35. The maximum Gasteiger partial charge on any atom is 0.161 e. The van der Waals surface area contributed by atoms with Crippen LogP contribution >= 0.6 is 27.7 Å². The number of halogens is 1. The van der Waals surface area contributed by atoms with E-state index >= 15 is 0 Å². The standard InChI is InChI=1S/C14H19BrN2OS/c1-9(2)6-11-8-19-14(16-11)17-12-7-10(15)4-5-13(12)18-3/h4-5,7,9,11H,6,8H2,1-3H3,(H,16,17). The van der Waals surface area contributed by atoms with Gasteiger partial charge in [-0.15, -0.1) is 0 Å². The lowest BCUT2D eigenvalue weighted by Crippen LogP contribution is -2.08. The third-order valence-corrected chi connectivity index (χ3v) is 4.38. The van der Waals surface area contributed by atoms with Crippen molar-refractivity contribution in [3.8, 4) is 5.75 Å². The van der Waals surface area contributed by atoms with Crippen LogP contribution in [-0.2, 0) is 0 Å². The molecule has 19 heavy (non-hydrogen) atoms. The predicted molar refractivity (Wildman–Crippen MR) is 87.5 cm³/mol. The highest BCUT2D eigenvalue weighted by atomic mass is 79.9. The minimum atomic E-state index is 0.436. The Morgan fingerprint density at radius 1 is 1.53 bits per heavy atom. The molecule has 0 aliphatic carbocycles. The molecule has 1 atom stereocenters. The molecule has 0 saturated carbocycles. The van der Waals surface area contributed by atoms with Gasteiger partial charge in [-0.25, -0.2) is 0 Å². The number of thioether (sulfide) groups is 1. The minimum absolute atomic E-state index is 0.436. The second-order valence-corrected chi connectivity index (χ2v) is 6.92. The van der Waals surface area contributed by atoms with E-state index < -0.39 is 0 Å². The van der Waals surface area contributed by atoms with Crippen LogP contribution in [0, 0.1) is 5.92 Å². The number of amidine groups is 1. The Morgan fingerprint density at radius 2 is 2.32 bits per heavy atom. The molecule has 0 spiro atoms. The second-order valence-electron chi connectivity index (χ2n) is 5.00. The summed E-state index contributed by atoms with van der Waals surface area (Å²) >= 11 is 5.26. The van der Waals surface area contributed by atoms with Gasteiger partial charge in [-0.2, -0.15) is 0 Å². The first-order valence-corrected chi connectivity index (χ1v) is 8.17. The first kappa shape index (κ1) is 14.7. The summed E-state index contributed by atoms with van der Waals surface area (Å²) in [7, 11) is 1.68. The van der Waals surface area contributed by atoms with Crippen molar-refractivity contribution in [2.24, 2.45) is 10.9 Å². The number of aliphatic imine (C=N–C) groups is 1. The number of hydrogen-bond donors (Lipinski definition) is 1. The number of nitrogens with one attached hydrogen (secondary N) is 1. The molecular formula is C14H19BrN2OS. The molecule has 0 bridgehead atoms. The van der Waals surface area contributed by atoms with Crippen LogP contribution < -0.4 is 10.1 Å². The fourth-order valence-corrected chi connectivity index (χ4v) is 3.37. The highest BCUT2D eigenvalue weighted by Gasteiger charge is 2.20. The topological polar surface area (TPSA) is 33.6 Å². The van der Waals surface area contributed by atoms with E-state index in [1.807, 2.05) is 18.2 Å². The van der Waals surface area contributed by atoms with Gasteiger partial charge < -0.3 is 10.1 Å². The molecule has 3 nitrogen and oxygen atoms in total. The van der Waals surface area contributed by atoms with Gasteiger partial charge in [0.25, 0.3) is 0 Å². The van der Waals surface area contributed by atoms with Gasteiger partial charge in [-0.1, -0.05) is 41.5 Å². The van der Waals surface area contributed by atoms with Gasteiger partial charge in [0.15, 0.2) is 5.17 Å². The van der Waals surface area contributed by atoms with Crippen LogP contribution in [0.2, 0.25) is 0 Å². The quantitative estimate of drug-likeness (QED) is 0.880. The SMILES string of the molecule is COc1ccc(Br)cc1NC1=NC(CC(C)C)CS1. The number of benzene rings is 1. The normalized spacial score (nSPS) is 18.6. The first-order chi connectivity index (χ1) is 9.08.